The summed E-state index contributed by atoms with van der Waals surface area (Å²) in [5, 5.41) is 5.53. The summed E-state index contributed by atoms with van der Waals surface area (Å²) in [7, 11) is -2.79. The summed E-state index contributed by atoms with van der Waals surface area (Å²) in [4.78, 5) is 7.56. The fraction of sp³-hybridized carbons (Fsp3) is 0. The van der Waals surface area contributed by atoms with Crippen molar-refractivity contribution in [3.63, 3.8) is 0 Å². The third-order valence-corrected chi connectivity index (χ3v) is 17.5. The van der Waals surface area contributed by atoms with Crippen molar-refractivity contribution in [2.24, 2.45) is 0 Å². The second-order valence-corrected chi connectivity index (χ2v) is 19.4. The Morgan fingerprint density at radius 3 is 1.07 bits per heavy atom. The van der Waals surface area contributed by atoms with Gasteiger partial charge < -0.3 is 14.7 Å². The van der Waals surface area contributed by atoms with Crippen molar-refractivity contribution in [1.82, 2.24) is 0 Å². The molecule has 3 heterocycles. The second kappa shape index (κ2) is 13.4. The van der Waals surface area contributed by atoms with Gasteiger partial charge >= 0.3 is 0 Å². The van der Waals surface area contributed by atoms with Crippen LogP contribution in [0.3, 0.4) is 0 Å². The van der Waals surface area contributed by atoms with Gasteiger partial charge in [0.15, 0.2) is 8.07 Å². The van der Waals surface area contributed by atoms with Crippen LogP contribution in [0.1, 0.15) is 0 Å². The lowest BCUT2D eigenvalue weighted by atomic mass is 9.33. The monoisotopic (exact) mass is 767 g/mol. The molecule has 0 radical (unpaired) electrons. The average molecular weight is 768 g/mol. The highest BCUT2D eigenvalue weighted by atomic mass is 28.3. The van der Waals surface area contributed by atoms with Crippen molar-refractivity contribution >= 4 is 103 Å². The average Bonchev–Trinajstić information content (AvgIpc) is 3.31. The number of hydrogen-bond acceptors (Lipinski definition) is 3. The second-order valence-electron chi connectivity index (χ2n) is 15.6. The summed E-state index contributed by atoms with van der Waals surface area (Å²) in [6.07, 6.45) is 0. The molecule has 276 valence electrons. The van der Waals surface area contributed by atoms with Gasteiger partial charge in [0.05, 0.1) is 5.69 Å². The molecule has 0 saturated heterocycles. The number of anilines is 9. The van der Waals surface area contributed by atoms with Crippen LogP contribution in [-0.2, 0) is 0 Å². The lowest BCUT2D eigenvalue weighted by Gasteiger charge is -2.47. The molecule has 0 spiro atoms. The van der Waals surface area contributed by atoms with E-state index >= 15 is 0 Å². The van der Waals surface area contributed by atoms with Gasteiger partial charge in [-0.25, -0.2) is 0 Å². The molecule has 0 unspecified atom stereocenters. The van der Waals surface area contributed by atoms with E-state index in [0.29, 0.717) is 0 Å². The highest BCUT2D eigenvalue weighted by Gasteiger charge is 2.49. The predicted octanol–water partition coefficient (Wildman–Crippen LogP) is 8.93. The minimum Gasteiger partial charge on any atom is -0.311 e. The van der Waals surface area contributed by atoms with Gasteiger partial charge in [0.2, 0.25) is 0 Å². The molecule has 12 rings (SSSR count). The van der Waals surface area contributed by atoms with Crippen LogP contribution in [0.4, 0.5) is 51.2 Å². The molecule has 9 aromatic rings. The van der Waals surface area contributed by atoms with E-state index in [0.717, 1.165) is 17.1 Å². The third-order valence-electron chi connectivity index (χ3n) is 12.7. The molecule has 0 fully saturated rings. The lowest BCUT2D eigenvalue weighted by molar-refractivity contribution is 1.23. The molecule has 0 bridgehead atoms. The number of nitrogens with zero attached hydrogens (tertiary/aromatic N) is 3. The molecule has 0 atom stereocenters. The number of fused-ring (bicyclic) bond motifs is 6. The van der Waals surface area contributed by atoms with Gasteiger partial charge in [-0.2, -0.15) is 0 Å². The number of rotatable bonds is 5. The van der Waals surface area contributed by atoms with Gasteiger partial charge in [0.25, 0.3) is 6.71 Å². The quantitative estimate of drug-likeness (QED) is 0.162. The van der Waals surface area contributed by atoms with E-state index in [-0.39, 0.29) is 6.71 Å². The van der Waals surface area contributed by atoms with Crippen molar-refractivity contribution in [3.8, 4) is 0 Å². The largest absolute Gasteiger partial charge is 0.311 e. The summed E-state index contributed by atoms with van der Waals surface area (Å²) in [5.41, 5.74) is 14.6. The molecule has 0 saturated carbocycles. The Kier molecular flexibility index (Phi) is 7.65. The van der Waals surface area contributed by atoms with Crippen molar-refractivity contribution in [3.05, 3.63) is 231 Å². The normalized spacial score (nSPS) is 14.1. The Labute approximate surface area is 346 Å². The smallest absolute Gasteiger partial charge is 0.252 e. The molecule has 3 aliphatic rings. The highest BCUT2D eigenvalue weighted by molar-refractivity contribution is 7.21. The first-order valence-corrected chi connectivity index (χ1v) is 22.5. The standard InChI is InChI=1S/C54H38BN3Si/c1-5-21-39(22-6-1)56-46-31-15-13-29-44(46)55-45-30-14-16-32-47(45)57(40-23-7-2-8-24-40)51-38-41(37-50(56)54(51)55)58-48-33-17-19-35-52(48)59(42-25-9-3-10-26-42,43-27-11-4-12-28-43)53-36-20-18-34-49(53)58/h1-38H. The predicted molar refractivity (Wildman–Crippen MR) is 252 cm³/mol. The summed E-state index contributed by atoms with van der Waals surface area (Å²) in [6.45, 7) is 0.0542. The molecule has 59 heavy (non-hydrogen) atoms. The number of para-hydroxylation sites is 6. The fourth-order valence-corrected chi connectivity index (χ4v) is 15.5. The Hall–Kier alpha value is -7.34. The Morgan fingerprint density at radius 1 is 0.288 bits per heavy atom. The Balaban J connectivity index is 1.20. The van der Waals surface area contributed by atoms with Crippen LogP contribution in [0.15, 0.2) is 231 Å². The van der Waals surface area contributed by atoms with Gasteiger partial charge in [0, 0.05) is 45.5 Å². The molecule has 0 aromatic heterocycles. The van der Waals surface area contributed by atoms with E-state index in [9.17, 15) is 0 Å². The van der Waals surface area contributed by atoms with Crippen LogP contribution in [0.25, 0.3) is 0 Å². The first-order valence-electron chi connectivity index (χ1n) is 20.5. The van der Waals surface area contributed by atoms with Gasteiger partial charge in [-0.05, 0) is 97.8 Å². The molecule has 0 N–H and O–H groups in total. The van der Waals surface area contributed by atoms with Crippen molar-refractivity contribution in [1.29, 1.82) is 0 Å². The molecule has 3 nitrogen and oxygen atoms in total. The van der Waals surface area contributed by atoms with E-state index in [4.69, 9.17) is 0 Å². The van der Waals surface area contributed by atoms with Gasteiger partial charge in [-0.3, -0.25) is 0 Å². The highest BCUT2D eigenvalue weighted by Crippen LogP contribution is 2.48. The van der Waals surface area contributed by atoms with Crippen molar-refractivity contribution in [2.45, 2.75) is 0 Å². The first kappa shape index (κ1) is 33.8. The third kappa shape index (κ3) is 4.89. The van der Waals surface area contributed by atoms with Crippen LogP contribution < -0.4 is 51.8 Å². The van der Waals surface area contributed by atoms with Crippen molar-refractivity contribution < 1.29 is 0 Å². The topological polar surface area (TPSA) is 9.72 Å². The SMILES string of the molecule is c1ccc(N2c3ccccc3B3c4ccccc4N(c4ccccc4)c4cc(N5c6ccccc6[Si](c6ccccc6)(c6ccccc6)c6ccccc65)cc2c43)cc1. The maximum Gasteiger partial charge on any atom is 0.252 e. The molecular weight excluding hydrogens is 730 g/mol. The molecular formula is C54H38BN3Si. The van der Waals surface area contributed by atoms with E-state index in [2.05, 4.69) is 245 Å². The summed E-state index contributed by atoms with van der Waals surface area (Å²) >= 11 is 0. The first-order chi connectivity index (χ1) is 29.3. The minimum absolute atomic E-state index is 0.0542. The van der Waals surface area contributed by atoms with Crippen LogP contribution in [-0.4, -0.2) is 14.8 Å². The maximum absolute atomic E-state index is 2.79. The van der Waals surface area contributed by atoms with Gasteiger partial charge in [-0.15, -0.1) is 0 Å². The van der Waals surface area contributed by atoms with Crippen molar-refractivity contribution in [2.75, 3.05) is 14.7 Å². The van der Waals surface area contributed by atoms with Crippen LogP contribution in [0, 0.1) is 0 Å². The van der Waals surface area contributed by atoms with Crippen LogP contribution in [0.5, 0.6) is 0 Å². The summed E-state index contributed by atoms with van der Waals surface area (Å²) in [6, 6.07) is 85.7. The minimum atomic E-state index is -2.79. The molecule has 9 aromatic carbocycles. The lowest BCUT2D eigenvalue weighted by Crippen LogP contribution is -2.77. The zero-order valence-corrected chi connectivity index (χ0v) is 33.4. The molecule has 3 aliphatic heterocycles. The zero-order chi connectivity index (χ0) is 38.9. The molecule has 5 heteroatoms. The fourth-order valence-electron chi connectivity index (χ4n) is 10.4. The van der Waals surface area contributed by atoms with Gasteiger partial charge in [0.1, 0.15) is 0 Å². The molecule has 0 aliphatic carbocycles. The van der Waals surface area contributed by atoms with E-state index in [1.165, 1.54) is 71.3 Å². The number of hydrogen-bond donors (Lipinski definition) is 0. The van der Waals surface area contributed by atoms with Gasteiger partial charge in [-0.1, -0.05) is 170 Å². The van der Waals surface area contributed by atoms with E-state index in [1.54, 1.807) is 0 Å². The summed E-state index contributed by atoms with van der Waals surface area (Å²) in [5.74, 6) is 0. The van der Waals surface area contributed by atoms with E-state index in [1.807, 2.05) is 0 Å². The Morgan fingerprint density at radius 2 is 0.627 bits per heavy atom. The maximum atomic E-state index is 2.56. The zero-order valence-electron chi connectivity index (χ0n) is 32.4. The Bertz CT molecular complexity index is 2830. The number of benzene rings is 9. The summed E-state index contributed by atoms with van der Waals surface area (Å²) < 4.78 is 0. The van der Waals surface area contributed by atoms with Crippen LogP contribution in [0.2, 0.25) is 0 Å². The molecule has 0 amide bonds. The van der Waals surface area contributed by atoms with E-state index < -0.39 is 8.07 Å². The van der Waals surface area contributed by atoms with Crippen LogP contribution >= 0.6 is 0 Å².